The van der Waals surface area contributed by atoms with E-state index in [-0.39, 0.29) is 10.9 Å². The fourth-order valence-electron chi connectivity index (χ4n) is 2.29. The van der Waals surface area contributed by atoms with E-state index in [1.807, 2.05) is 24.3 Å². The van der Waals surface area contributed by atoms with E-state index in [4.69, 9.17) is 4.74 Å². The number of esters is 1. The lowest BCUT2D eigenvalue weighted by Crippen LogP contribution is -2.43. The molecule has 0 spiro atoms. The van der Waals surface area contributed by atoms with Crippen LogP contribution < -0.4 is 5.32 Å². The predicted octanol–water partition coefficient (Wildman–Crippen LogP) is 3.33. The maximum absolute atomic E-state index is 12.5. The summed E-state index contributed by atoms with van der Waals surface area (Å²) in [6, 6.07) is 9.88. The first-order valence-corrected chi connectivity index (χ1v) is 9.77. The molecule has 0 aliphatic heterocycles. The second-order valence-corrected chi connectivity index (χ2v) is 8.20. The highest BCUT2D eigenvalue weighted by Gasteiger charge is 2.27. The van der Waals surface area contributed by atoms with Crippen molar-refractivity contribution in [1.82, 2.24) is 10.3 Å². The van der Waals surface area contributed by atoms with Crippen LogP contribution in [0, 0.1) is 5.41 Å². The van der Waals surface area contributed by atoms with Crippen LogP contribution in [0.5, 0.6) is 0 Å². The summed E-state index contributed by atoms with van der Waals surface area (Å²) >= 11 is 1.01. The minimum Gasteiger partial charge on any atom is -0.467 e. The highest BCUT2D eigenvalue weighted by Crippen LogP contribution is 2.23. The monoisotopic (exact) mass is 400 g/mol. The average molecular weight is 401 g/mol. The number of nitrogens with one attached hydrogen (secondary N) is 1. The number of thioether (sulfide) groups is 1. The van der Waals surface area contributed by atoms with Gasteiger partial charge in [-0.3, -0.25) is 14.6 Å². The summed E-state index contributed by atoms with van der Waals surface area (Å²) in [7, 11) is 1.25. The van der Waals surface area contributed by atoms with Crippen LogP contribution in [-0.4, -0.2) is 40.9 Å². The molecule has 0 radical (unpaired) electrons. The van der Waals surface area contributed by atoms with Gasteiger partial charge in [0.15, 0.2) is 5.12 Å². The van der Waals surface area contributed by atoms with Crippen LogP contribution in [0.1, 0.15) is 31.1 Å². The Morgan fingerprint density at radius 1 is 1.04 bits per heavy atom. The zero-order valence-corrected chi connectivity index (χ0v) is 17.2. The fraction of sp³-hybridized carbons (Fsp3) is 0.333. The predicted molar refractivity (Wildman–Crippen MR) is 110 cm³/mol. The van der Waals surface area contributed by atoms with Gasteiger partial charge in [-0.2, -0.15) is 0 Å². The number of nitrogens with zero attached hydrogens (tertiary/aromatic N) is 1. The number of aromatic nitrogens is 1. The first-order valence-electron chi connectivity index (χ1n) is 8.78. The number of hydrogen-bond acceptors (Lipinski definition) is 6. The fourth-order valence-corrected chi connectivity index (χ4v) is 3.26. The van der Waals surface area contributed by atoms with E-state index in [0.29, 0.717) is 5.56 Å². The molecular weight excluding hydrogens is 376 g/mol. The van der Waals surface area contributed by atoms with Crippen molar-refractivity contribution in [2.45, 2.75) is 26.8 Å². The molecule has 148 valence electrons. The lowest BCUT2D eigenvalue weighted by Gasteiger charge is -2.19. The zero-order valence-electron chi connectivity index (χ0n) is 16.4. The first kappa shape index (κ1) is 21.6. The molecule has 2 rings (SSSR count). The van der Waals surface area contributed by atoms with Gasteiger partial charge in [-0.25, -0.2) is 4.79 Å². The molecule has 1 aromatic carbocycles. The summed E-state index contributed by atoms with van der Waals surface area (Å²) in [6.45, 7) is 5.41. The van der Waals surface area contributed by atoms with Crippen molar-refractivity contribution < 1.29 is 19.1 Å². The standard InChI is InChI=1S/C21H24N2O4S/c1-21(2,3)20(26)28-13-17(19(25)27-4)23-18(24)16-7-5-14(6-8-16)15-9-11-22-12-10-15/h5-12,17H,13H2,1-4H3,(H,23,24)/t17-/m0/s1. The van der Waals surface area contributed by atoms with Crippen molar-refractivity contribution in [2.24, 2.45) is 5.41 Å². The third-order valence-corrected chi connectivity index (χ3v) is 5.32. The van der Waals surface area contributed by atoms with Gasteiger partial charge in [-0.05, 0) is 35.4 Å². The topological polar surface area (TPSA) is 85.4 Å². The molecule has 7 heteroatoms. The maximum Gasteiger partial charge on any atom is 0.329 e. The number of methoxy groups -OCH3 is 1. The summed E-state index contributed by atoms with van der Waals surface area (Å²) in [4.78, 5) is 40.6. The normalized spacial score (nSPS) is 12.1. The van der Waals surface area contributed by atoms with Crippen LogP contribution in [0.2, 0.25) is 0 Å². The molecule has 6 nitrogen and oxygen atoms in total. The molecule has 1 N–H and O–H groups in total. The lowest BCUT2D eigenvalue weighted by atomic mass is 10.00. The number of benzene rings is 1. The highest BCUT2D eigenvalue weighted by molar-refractivity contribution is 8.13. The van der Waals surface area contributed by atoms with Crippen LogP contribution in [0.3, 0.4) is 0 Å². The van der Waals surface area contributed by atoms with Crippen molar-refractivity contribution in [3.8, 4) is 11.1 Å². The van der Waals surface area contributed by atoms with E-state index in [9.17, 15) is 14.4 Å². The number of hydrogen-bond donors (Lipinski definition) is 1. The molecule has 0 saturated carbocycles. The lowest BCUT2D eigenvalue weighted by molar-refractivity contribution is -0.142. The summed E-state index contributed by atoms with van der Waals surface area (Å²) in [6.07, 6.45) is 3.40. The van der Waals surface area contributed by atoms with Gasteiger partial charge in [-0.15, -0.1) is 0 Å². The van der Waals surface area contributed by atoms with Gasteiger partial charge in [0.05, 0.1) is 7.11 Å². The van der Waals surface area contributed by atoms with E-state index in [2.05, 4.69) is 10.3 Å². The van der Waals surface area contributed by atoms with Gasteiger partial charge in [0, 0.05) is 29.1 Å². The Morgan fingerprint density at radius 2 is 1.61 bits per heavy atom. The molecule has 0 bridgehead atoms. The molecule has 1 heterocycles. The molecular formula is C21H24N2O4S. The van der Waals surface area contributed by atoms with Crippen LogP contribution in [0.4, 0.5) is 0 Å². The molecule has 28 heavy (non-hydrogen) atoms. The maximum atomic E-state index is 12.5. The molecule has 2 aromatic rings. The molecule has 0 aliphatic rings. The Balaban J connectivity index is 2.06. The Labute approximate surface area is 169 Å². The van der Waals surface area contributed by atoms with E-state index in [1.54, 1.807) is 45.3 Å². The van der Waals surface area contributed by atoms with E-state index >= 15 is 0 Å². The van der Waals surface area contributed by atoms with E-state index in [1.165, 1.54) is 7.11 Å². The minimum atomic E-state index is -0.909. The first-order chi connectivity index (χ1) is 13.2. The molecule has 0 fully saturated rings. The average Bonchev–Trinajstić information content (AvgIpc) is 2.70. The minimum absolute atomic E-state index is 0.0580. The van der Waals surface area contributed by atoms with Gasteiger partial charge in [0.1, 0.15) is 6.04 Å². The number of pyridine rings is 1. The summed E-state index contributed by atoms with van der Waals surface area (Å²) in [5.74, 6) is -0.875. The third-order valence-electron chi connectivity index (χ3n) is 3.95. The zero-order chi connectivity index (χ0) is 20.7. The summed E-state index contributed by atoms with van der Waals surface area (Å²) < 4.78 is 4.76. The highest BCUT2D eigenvalue weighted by atomic mass is 32.2. The van der Waals surface area contributed by atoms with Crippen LogP contribution in [-0.2, 0) is 14.3 Å². The van der Waals surface area contributed by atoms with Crippen LogP contribution >= 0.6 is 11.8 Å². The van der Waals surface area contributed by atoms with Crippen molar-refractivity contribution >= 4 is 28.8 Å². The summed E-state index contributed by atoms with van der Waals surface area (Å²) in [5, 5.41) is 2.60. The van der Waals surface area contributed by atoms with Crippen molar-refractivity contribution in [3.05, 3.63) is 54.4 Å². The molecule has 1 amide bonds. The number of carbonyl (C=O) groups is 3. The molecule has 1 aromatic heterocycles. The van der Waals surface area contributed by atoms with Gasteiger partial charge in [0.25, 0.3) is 5.91 Å². The van der Waals surface area contributed by atoms with Crippen LogP contribution in [0.15, 0.2) is 48.8 Å². The second kappa shape index (κ2) is 9.50. The number of carbonyl (C=O) groups excluding carboxylic acids is 3. The van der Waals surface area contributed by atoms with E-state index < -0.39 is 23.3 Å². The Kier molecular flexibility index (Phi) is 7.34. The second-order valence-electron chi connectivity index (χ2n) is 7.21. The van der Waals surface area contributed by atoms with E-state index in [0.717, 1.165) is 22.9 Å². The quantitative estimate of drug-likeness (QED) is 0.749. The third kappa shape index (κ3) is 5.92. The van der Waals surface area contributed by atoms with Gasteiger partial charge < -0.3 is 10.1 Å². The number of amides is 1. The number of ether oxygens (including phenoxy) is 1. The van der Waals surface area contributed by atoms with Gasteiger partial charge in [0.2, 0.25) is 0 Å². The molecule has 1 atom stereocenters. The SMILES string of the molecule is COC(=O)[C@H](CSC(=O)C(C)(C)C)NC(=O)c1ccc(-c2ccncc2)cc1. The van der Waals surface area contributed by atoms with Crippen molar-refractivity contribution in [1.29, 1.82) is 0 Å². The molecule has 0 aliphatic carbocycles. The summed E-state index contributed by atoms with van der Waals surface area (Å²) in [5.41, 5.74) is 1.83. The van der Waals surface area contributed by atoms with Crippen molar-refractivity contribution in [2.75, 3.05) is 12.9 Å². The molecule has 0 saturated heterocycles. The Bertz CT molecular complexity index is 830. The Morgan fingerprint density at radius 3 is 2.14 bits per heavy atom. The van der Waals surface area contributed by atoms with Crippen LogP contribution in [0.25, 0.3) is 11.1 Å². The van der Waals surface area contributed by atoms with Gasteiger partial charge in [-0.1, -0.05) is 44.7 Å². The number of rotatable bonds is 6. The Hall–Kier alpha value is -2.67. The molecule has 0 unspecified atom stereocenters. The van der Waals surface area contributed by atoms with Gasteiger partial charge >= 0.3 is 5.97 Å². The smallest absolute Gasteiger partial charge is 0.329 e. The van der Waals surface area contributed by atoms with Crippen molar-refractivity contribution in [3.63, 3.8) is 0 Å². The largest absolute Gasteiger partial charge is 0.467 e.